The number of carbonyl (C=O) groups is 1. The smallest absolute Gasteiger partial charge is 0.248 e. The lowest BCUT2D eigenvalue weighted by molar-refractivity contribution is -0.111. The first-order valence-electron chi connectivity index (χ1n) is 3.57. The van der Waals surface area contributed by atoms with Gasteiger partial charge >= 0.3 is 0 Å². The van der Waals surface area contributed by atoms with Crippen molar-refractivity contribution >= 4 is 11.7 Å². The van der Waals surface area contributed by atoms with Crippen molar-refractivity contribution in [2.75, 3.05) is 12.4 Å². The Bertz CT molecular complexity index is 308. The number of carbonyl (C=O) groups excluding carboxylic acids is 1. The highest BCUT2D eigenvalue weighted by atomic mass is 16.5. The van der Waals surface area contributed by atoms with Crippen LogP contribution in [0.1, 0.15) is 0 Å². The maximum Gasteiger partial charge on any atom is 0.248 e. The summed E-state index contributed by atoms with van der Waals surface area (Å²) in [5, 5.41) is 9.80. The quantitative estimate of drug-likeness (QED) is 0.690. The molecule has 0 bridgehead atoms. The van der Waals surface area contributed by atoms with Gasteiger partial charge in [-0.3, -0.25) is 4.79 Å². The number of anilines is 1. The zero-order chi connectivity index (χ0) is 9.68. The third kappa shape index (κ3) is 2.55. The largest absolute Gasteiger partial charge is 0.480 e. The summed E-state index contributed by atoms with van der Waals surface area (Å²) >= 11 is 0. The van der Waals surface area contributed by atoms with Crippen molar-refractivity contribution in [3.63, 3.8) is 0 Å². The number of methoxy groups -OCH3 is 1. The van der Waals surface area contributed by atoms with Crippen molar-refractivity contribution in [1.29, 1.82) is 0 Å². The Hall–Kier alpha value is -1.91. The van der Waals surface area contributed by atoms with E-state index in [4.69, 9.17) is 4.74 Å². The molecule has 0 saturated heterocycles. The fourth-order valence-electron chi connectivity index (χ4n) is 0.673. The van der Waals surface area contributed by atoms with E-state index in [2.05, 4.69) is 22.1 Å². The standard InChI is InChI=1S/C8H9N3O2/c1-3-7(12)9-6-4-5-8(13-2)11-10-6/h3-5H,1H2,2H3,(H,9,10,12). The summed E-state index contributed by atoms with van der Waals surface area (Å²) in [5.74, 6) is 0.446. The molecule has 0 fully saturated rings. The molecule has 0 spiro atoms. The molecule has 1 N–H and O–H groups in total. The maximum atomic E-state index is 10.8. The second kappa shape index (κ2) is 4.20. The van der Waals surface area contributed by atoms with Crippen molar-refractivity contribution in [2.45, 2.75) is 0 Å². The summed E-state index contributed by atoms with van der Waals surface area (Å²) < 4.78 is 4.79. The Morgan fingerprint density at radius 3 is 2.85 bits per heavy atom. The number of amides is 1. The number of aromatic nitrogens is 2. The minimum Gasteiger partial charge on any atom is -0.480 e. The minimum absolute atomic E-state index is 0.320. The van der Waals surface area contributed by atoms with Gasteiger partial charge in [-0.1, -0.05) is 6.58 Å². The van der Waals surface area contributed by atoms with Crippen molar-refractivity contribution in [3.8, 4) is 5.88 Å². The van der Waals surface area contributed by atoms with E-state index in [-0.39, 0.29) is 5.91 Å². The van der Waals surface area contributed by atoms with Crippen LogP contribution in [0.25, 0.3) is 0 Å². The van der Waals surface area contributed by atoms with E-state index in [1.165, 1.54) is 7.11 Å². The zero-order valence-electron chi connectivity index (χ0n) is 7.15. The molecular formula is C8H9N3O2. The zero-order valence-corrected chi connectivity index (χ0v) is 7.15. The van der Waals surface area contributed by atoms with Gasteiger partial charge in [-0.25, -0.2) is 0 Å². The summed E-state index contributed by atoms with van der Waals surface area (Å²) in [6.07, 6.45) is 1.16. The fourth-order valence-corrected chi connectivity index (χ4v) is 0.673. The highest BCUT2D eigenvalue weighted by Crippen LogP contribution is 2.06. The molecule has 0 aliphatic heterocycles. The molecule has 1 rings (SSSR count). The first kappa shape index (κ1) is 9.18. The van der Waals surface area contributed by atoms with Gasteiger partial charge in [-0.2, -0.15) is 0 Å². The first-order chi connectivity index (χ1) is 6.26. The van der Waals surface area contributed by atoms with E-state index in [1.54, 1.807) is 12.1 Å². The van der Waals surface area contributed by atoms with Crippen LogP contribution in [-0.4, -0.2) is 23.2 Å². The average molecular weight is 179 g/mol. The van der Waals surface area contributed by atoms with Crippen LogP contribution in [0.3, 0.4) is 0 Å². The van der Waals surface area contributed by atoms with Crippen LogP contribution in [-0.2, 0) is 4.79 Å². The van der Waals surface area contributed by atoms with Crippen molar-refractivity contribution in [2.24, 2.45) is 0 Å². The molecule has 0 atom stereocenters. The van der Waals surface area contributed by atoms with Crippen LogP contribution in [0, 0.1) is 0 Å². The van der Waals surface area contributed by atoms with E-state index in [0.717, 1.165) is 6.08 Å². The second-order valence-electron chi connectivity index (χ2n) is 2.15. The summed E-state index contributed by atoms with van der Waals surface area (Å²) in [6.45, 7) is 3.31. The third-order valence-corrected chi connectivity index (χ3v) is 1.29. The Morgan fingerprint density at radius 1 is 1.62 bits per heavy atom. The van der Waals surface area contributed by atoms with Gasteiger partial charge in [0.15, 0.2) is 5.82 Å². The Kier molecular flexibility index (Phi) is 2.97. The summed E-state index contributed by atoms with van der Waals surface area (Å²) in [6, 6.07) is 3.19. The lowest BCUT2D eigenvalue weighted by Gasteiger charge is -2.00. The predicted molar refractivity (Wildman–Crippen MR) is 47.4 cm³/mol. The molecule has 1 aromatic heterocycles. The molecule has 0 aromatic carbocycles. The van der Waals surface area contributed by atoms with Crippen LogP contribution < -0.4 is 10.1 Å². The Balaban J connectivity index is 2.69. The molecule has 0 unspecified atom stereocenters. The molecule has 0 aliphatic carbocycles. The molecule has 1 amide bonds. The normalized spacial score (nSPS) is 9.00. The third-order valence-electron chi connectivity index (χ3n) is 1.29. The van der Waals surface area contributed by atoms with E-state index in [0.29, 0.717) is 11.7 Å². The lowest BCUT2D eigenvalue weighted by Crippen LogP contribution is -2.09. The number of hydrogen-bond acceptors (Lipinski definition) is 4. The van der Waals surface area contributed by atoms with Crippen LogP contribution in [0.15, 0.2) is 24.8 Å². The van der Waals surface area contributed by atoms with Gasteiger partial charge in [0.2, 0.25) is 11.8 Å². The van der Waals surface area contributed by atoms with Gasteiger partial charge in [0.25, 0.3) is 0 Å². The van der Waals surface area contributed by atoms with Crippen LogP contribution >= 0.6 is 0 Å². The molecule has 5 heteroatoms. The van der Waals surface area contributed by atoms with Crippen LogP contribution in [0.4, 0.5) is 5.82 Å². The second-order valence-corrected chi connectivity index (χ2v) is 2.15. The van der Waals surface area contributed by atoms with Gasteiger partial charge in [0, 0.05) is 6.07 Å². The van der Waals surface area contributed by atoms with Gasteiger partial charge in [0.1, 0.15) is 0 Å². The highest BCUT2D eigenvalue weighted by Gasteiger charge is 1.99. The maximum absolute atomic E-state index is 10.8. The molecule has 5 nitrogen and oxygen atoms in total. The number of nitrogens with zero attached hydrogens (tertiary/aromatic N) is 2. The first-order valence-corrected chi connectivity index (χ1v) is 3.57. The van der Waals surface area contributed by atoms with Gasteiger partial charge in [-0.05, 0) is 12.1 Å². The van der Waals surface area contributed by atoms with Crippen LogP contribution in [0.5, 0.6) is 5.88 Å². The molecule has 1 heterocycles. The summed E-state index contributed by atoms with van der Waals surface area (Å²) in [5.41, 5.74) is 0. The monoisotopic (exact) mass is 179 g/mol. The number of ether oxygens (including phenoxy) is 1. The highest BCUT2D eigenvalue weighted by molar-refractivity contribution is 5.98. The molecule has 68 valence electrons. The molecule has 0 radical (unpaired) electrons. The Labute approximate surface area is 75.4 Å². The topological polar surface area (TPSA) is 64.1 Å². The van der Waals surface area contributed by atoms with Crippen molar-refractivity contribution in [1.82, 2.24) is 10.2 Å². The number of hydrogen-bond donors (Lipinski definition) is 1. The van der Waals surface area contributed by atoms with Gasteiger partial charge in [0.05, 0.1) is 7.11 Å². The van der Waals surface area contributed by atoms with E-state index in [9.17, 15) is 4.79 Å². The Morgan fingerprint density at radius 2 is 2.38 bits per heavy atom. The average Bonchev–Trinajstić information content (AvgIpc) is 2.19. The fraction of sp³-hybridized carbons (Fsp3) is 0.125. The SMILES string of the molecule is C=CC(=O)Nc1ccc(OC)nn1. The van der Waals surface area contributed by atoms with E-state index < -0.39 is 0 Å². The predicted octanol–water partition coefficient (Wildman–Crippen LogP) is 0.610. The lowest BCUT2D eigenvalue weighted by atomic mass is 10.5. The number of rotatable bonds is 3. The van der Waals surface area contributed by atoms with Crippen molar-refractivity contribution in [3.05, 3.63) is 24.8 Å². The van der Waals surface area contributed by atoms with Gasteiger partial charge in [-0.15, -0.1) is 10.2 Å². The molecule has 0 saturated carbocycles. The molecule has 1 aromatic rings. The summed E-state index contributed by atoms with van der Waals surface area (Å²) in [4.78, 5) is 10.8. The number of nitrogens with one attached hydrogen (secondary N) is 1. The van der Waals surface area contributed by atoms with Crippen molar-refractivity contribution < 1.29 is 9.53 Å². The minimum atomic E-state index is -0.320. The molecule has 0 aliphatic rings. The van der Waals surface area contributed by atoms with Crippen LogP contribution in [0.2, 0.25) is 0 Å². The molecular weight excluding hydrogens is 170 g/mol. The van der Waals surface area contributed by atoms with E-state index >= 15 is 0 Å². The van der Waals surface area contributed by atoms with E-state index in [1.807, 2.05) is 0 Å². The van der Waals surface area contributed by atoms with Gasteiger partial charge < -0.3 is 10.1 Å². The summed E-state index contributed by atoms with van der Waals surface area (Å²) in [7, 11) is 1.49. The molecule has 13 heavy (non-hydrogen) atoms.